The minimum atomic E-state index is -0.0495. The molecule has 1 aromatic heterocycles. The van der Waals surface area contributed by atoms with Crippen LogP contribution < -0.4 is 0 Å². The third kappa shape index (κ3) is 3.85. The van der Waals surface area contributed by atoms with Crippen molar-refractivity contribution < 1.29 is 9.84 Å². The van der Waals surface area contributed by atoms with Crippen LogP contribution in [-0.2, 0) is 23.6 Å². The predicted octanol–water partition coefficient (Wildman–Crippen LogP) is 2.19. The summed E-state index contributed by atoms with van der Waals surface area (Å²) >= 11 is 1.55. The lowest BCUT2D eigenvalue weighted by molar-refractivity contribution is 0.180. The minimum absolute atomic E-state index is 0.0495. The monoisotopic (exact) mass is 303 g/mol. The number of rotatable bonds is 7. The number of benzene rings is 1. The van der Waals surface area contributed by atoms with E-state index in [9.17, 15) is 5.11 Å². The highest BCUT2D eigenvalue weighted by atomic mass is 32.2. The summed E-state index contributed by atoms with van der Waals surface area (Å²) in [6, 6.07) is 9.74. The fourth-order valence-electron chi connectivity index (χ4n) is 1.95. The van der Waals surface area contributed by atoms with Gasteiger partial charge in [0.15, 0.2) is 5.16 Å². The van der Waals surface area contributed by atoms with Gasteiger partial charge in [0.1, 0.15) is 0 Å². The number of methoxy groups -OCH3 is 1. The van der Waals surface area contributed by atoms with Crippen LogP contribution in [0.25, 0.3) is 0 Å². The lowest BCUT2D eigenvalue weighted by Crippen LogP contribution is -2.09. The van der Waals surface area contributed by atoms with Crippen molar-refractivity contribution in [2.24, 2.45) is 0 Å². The van der Waals surface area contributed by atoms with Gasteiger partial charge in [0, 0.05) is 19.4 Å². The average molecular weight is 303 g/mol. The molecule has 1 aromatic carbocycles. The molecule has 0 aliphatic heterocycles. The maximum Gasteiger partial charge on any atom is 0.168 e. The average Bonchev–Trinajstić information content (AvgIpc) is 2.93. The van der Waals surface area contributed by atoms with Crippen molar-refractivity contribution in [2.75, 3.05) is 13.7 Å². The Labute approximate surface area is 128 Å². The van der Waals surface area contributed by atoms with Crippen molar-refractivity contribution in [1.29, 1.82) is 5.26 Å². The molecule has 21 heavy (non-hydrogen) atoms. The van der Waals surface area contributed by atoms with Gasteiger partial charge in [0.05, 0.1) is 36.7 Å². The highest BCUT2D eigenvalue weighted by Crippen LogP contribution is 2.24. The largest absolute Gasteiger partial charge is 0.390 e. The summed E-state index contributed by atoms with van der Waals surface area (Å²) in [5.41, 5.74) is 2.43. The number of aliphatic hydroxyl groups is 1. The summed E-state index contributed by atoms with van der Waals surface area (Å²) in [5, 5.41) is 19.3. The highest BCUT2D eigenvalue weighted by Gasteiger charge is 2.11. The lowest BCUT2D eigenvalue weighted by Gasteiger charge is -2.10. The minimum Gasteiger partial charge on any atom is -0.390 e. The van der Waals surface area contributed by atoms with Gasteiger partial charge in [-0.3, -0.25) is 0 Å². The normalized spacial score (nSPS) is 10.5. The molecule has 1 heterocycles. The molecule has 0 saturated carbocycles. The van der Waals surface area contributed by atoms with Crippen molar-refractivity contribution in [2.45, 2.75) is 24.1 Å². The SMILES string of the molecule is COCCn1c(CO)cnc1SCc1ccccc1C#N. The highest BCUT2D eigenvalue weighted by molar-refractivity contribution is 7.98. The Morgan fingerprint density at radius 3 is 2.95 bits per heavy atom. The molecule has 5 nitrogen and oxygen atoms in total. The molecule has 1 N–H and O–H groups in total. The smallest absolute Gasteiger partial charge is 0.168 e. The number of thioether (sulfide) groups is 1. The number of aliphatic hydroxyl groups excluding tert-OH is 1. The zero-order valence-electron chi connectivity index (χ0n) is 11.8. The van der Waals surface area contributed by atoms with Crippen molar-refractivity contribution in [3.63, 3.8) is 0 Å². The molecule has 0 atom stereocenters. The van der Waals surface area contributed by atoms with Crippen LogP contribution in [0.5, 0.6) is 0 Å². The van der Waals surface area contributed by atoms with E-state index in [-0.39, 0.29) is 6.61 Å². The van der Waals surface area contributed by atoms with Gasteiger partial charge in [-0.2, -0.15) is 5.26 Å². The number of nitriles is 1. The van der Waals surface area contributed by atoms with Crippen LogP contribution in [0.15, 0.2) is 35.6 Å². The second-order valence-electron chi connectivity index (χ2n) is 4.39. The van der Waals surface area contributed by atoms with Crippen molar-refractivity contribution in [1.82, 2.24) is 9.55 Å². The van der Waals surface area contributed by atoms with E-state index in [2.05, 4.69) is 11.1 Å². The van der Waals surface area contributed by atoms with Crippen LogP contribution in [0, 0.1) is 11.3 Å². The van der Waals surface area contributed by atoms with E-state index in [1.54, 1.807) is 25.1 Å². The fourth-order valence-corrected chi connectivity index (χ4v) is 2.98. The summed E-state index contributed by atoms with van der Waals surface area (Å²) in [4.78, 5) is 4.34. The molecule has 110 valence electrons. The van der Waals surface area contributed by atoms with Crippen molar-refractivity contribution in [3.05, 3.63) is 47.3 Å². The van der Waals surface area contributed by atoms with Gasteiger partial charge < -0.3 is 14.4 Å². The van der Waals surface area contributed by atoms with Crippen molar-refractivity contribution >= 4 is 11.8 Å². The lowest BCUT2D eigenvalue weighted by atomic mass is 10.1. The molecule has 0 unspecified atom stereocenters. The molecule has 0 aliphatic carbocycles. The summed E-state index contributed by atoms with van der Waals surface area (Å²) in [6.45, 7) is 1.16. The number of ether oxygens (including phenoxy) is 1. The molecule has 0 radical (unpaired) electrons. The zero-order valence-corrected chi connectivity index (χ0v) is 12.6. The van der Waals surface area contributed by atoms with Gasteiger partial charge in [-0.15, -0.1) is 0 Å². The van der Waals surface area contributed by atoms with Crippen molar-refractivity contribution in [3.8, 4) is 6.07 Å². The molecule has 0 saturated heterocycles. The Balaban J connectivity index is 2.13. The van der Waals surface area contributed by atoms with Crippen LogP contribution in [0.2, 0.25) is 0 Å². The number of nitrogens with zero attached hydrogens (tertiary/aromatic N) is 3. The standard InChI is InChI=1S/C15H17N3O2S/c1-20-7-6-18-14(10-19)9-17-15(18)21-11-13-5-3-2-4-12(13)8-16/h2-5,9,19H,6-7,10-11H2,1H3. The molecule has 2 aromatic rings. The maximum absolute atomic E-state index is 9.34. The van der Waals surface area contributed by atoms with E-state index in [4.69, 9.17) is 10.00 Å². The third-order valence-corrected chi connectivity index (χ3v) is 4.12. The summed E-state index contributed by atoms with van der Waals surface area (Å²) in [7, 11) is 1.64. The number of aromatic nitrogens is 2. The van der Waals surface area contributed by atoms with Gasteiger partial charge >= 0.3 is 0 Å². The molecule has 0 fully saturated rings. The van der Waals surface area contributed by atoms with Gasteiger partial charge in [-0.05, 0) is 11.6 Å². The first-order valence-corrected chi connectivity index (χ1v) is 7.53. The first kappa shape index (κ1) is 15.6. The molecule has 0 amide bonds. The summed E-state index contributed by atoms with van der Waals surface area (Å²) in [6.07, 6.45) is 1.67. The Kier molecular flexibility index (Phi) is 5.81. The molecular formula is C15H17N3O2S. The topological polar surface area (TPSA) is 71.1 Å². The second kappa shape index (κ2) is 7.84. The van der Waals surface area contributed by atoms with Crippen LogP contribution in [0.1, 0.15) is 16.8 Å². The van der Waals surface area contributed by atoms with E-state index in [0.29, 0.717) is 24.5 Å². The van der Waals surface area contributed by atoms with Crippen LogP contribution in [0.3, 0.4) is 0 Å². The second-order valence-corrected chi connectivity index (χ2v) is 5.33. The van der Waals surface area contributed by atoms with E-state index in [1.807, 2.05) is 28.8 Å². The number of imidazole rings is 1. The van der Waals surface area contributed by atoms with Gasteiger partial charge in [0.25, 0.3) is 0 Å². The zero-order chi connectivity index (χ0) is 15.1. The van der Waals surface area contributed by atoms with E-state index < -0.39 is 0 Å². The predicted molar refractivity (Wildman–Crippen MR) is 80.7 cm³/mol. The quantitative estimate of drug-likeness (QED) is 0.794. The maximum atomic E-state index is 9.34. The molecule has 0 spiro atoms. The van der Waals surface area contributed by atoms with Gasteiger partial charge in [0.2, 0.25) is 0 Å². The van der Waals surface area contributed by atoms with E-state index >= 15 is 0 Å². The first-order chi connectivity index (χ1) is 10.3. The molecule has 0 aliphatic rings. The van der Waals surface area contributed by atoms with Crippen LogP contribution in [-0.4, -0.2) is 28.4 Å². The Morgan fingerprint density at radius 2 is 2.24 bits per heavy atom. The first-order valence-electron chi connectivity index (χ1n) is 6.55. The Hall–Kier alpha value is -1.81. The summed E-state index contributed by atoms with van der Waals surface area (Å²) in [5.74, 6) is 0.665. The van der Waals surface area contributed by atoms with Gasteiger partial charge in [-0.1, -0.05) is 30.0 Å². The molecule has 2 rings (SSSR count). The summed E-state index contributed by atoms with van der Waals surface area (Å²) < 4.78 is 7.03. The van der Waals surface area contributed by atoms with Crippen LogP contribution >= 0.6 is 11.8 Å². The third-order valence-electron chi connectivity index (χ3n) is 3.08. The fraction of sp³-hybridized carbons (Fsp3) is 0.333. The number of hydrogen-bond acceptors (Lipinski definition) is 5. The Morgan fingerprint density at radius 1 is 1.43 bits per heavy atom. The molecular weight excluding hydrogens is 286 g/mol. The number of hydrogen-bond donors (Lipinski definition) is 1. The Bertz CT molecular complexity index is 634. The molecule has 6 heteroatoms. The van der Waals surface area contributed by atoms with Crippen LogP contribution in [0.4, 0.5) is 0 Å². The molecule has 0 bridgehead atoms. The van der Waals surface area contributed by atoms with Gasteiger partial charge in [-0.25, -0.2) is 4.98 Å². The van der Waals surface area contributed by atoms with E-state index in [0.717, 1.165) is 16.4 Å². The van der Waals surface area contributed by atoms with E-state index in [1.165, 1.54) is 0 Å².